The normalized spacial score (nSPS) is 13.2. The van der Waals surface area contributed by atoms with Crippen molar-refractivity contribution in [3.63, 3.8) is 0 Å². The molecule has 0 amide bonds. The van der Waals surface area contributed by atoms with Crippen LogP contribution in [0.25, 0.3) is 0 Å². The summed E-state index contributed by atoms with van der Waals surface area (Å²) < 4.78 is 11.0. The molecule has 1 N–H and O–H groups in total. The summed E-state index contributed by atoms with van der Waals surface area (Å²) in [5.41, 5.74) is 0. The monoisotopic (exact) mass is 259 g/mol. The van der Waals surface area contributed by atoms with Crippen molar-refractivity contribution >= 4 is 0 Å². The van der Waals surface area contributed by atoms with Crippen molar-refractivity contribution < 1.29 is 9.47 Å². The van der Waals surface area contributed by atoms with Gasteiger partial charge in [-0.2, -0.15) is 0 Å². The lowest BCUT2D eigenvalue weighted by atomic mass is 10.0. The third-order valence-corrected chi connectivity index (χ3v) is 3.03. The van der Waals surface area contributed by atoms with E-state index in [0.29, 0.717) is 12.5 Å². The first-order valence-corrected chi connectivity index (χ1v) is 7.53. The molecule has 0 aromatic carbocycles. The van der Waals surface area contributed by atoms with Crippen LogP contribution in [0.4, 0.5) is 0 Å². The molecular weight excluding hydrogens is 226 g/mol. The maximum atomic E-state index is 5.53. The van der Waals surface area contributed by atoms with Crippen LogP contribution in [0.15, 0.2) is 0 Å². The van der Waals surface area contributed by atoms with E-state index < -0.39 is 0 Å². The summed E-state index contributed by atoms with van der Waals surface area (Å²) in [6, 6.07) is 0. The van der Waals surface area contributed by atoms with Gasteiger partial charge in [0.1, 0.15) is 0 Å². The third kappa shape index (κ3) is 13.9. The Morgan fingerprint density at radius 1 is 0.944 bits per heavy atom. The molecule has 18 heavy (non-hydrogen) atoms. The average molecular weight is 259 g/mol. The van der Waals surface area contributed by atoms with Crippen molar-refractivity contribution in [3.8, 4) is 0 Å². The highest BCUT2D eigenvalue weighted by Crippen LogP contribution is 2.08. The number of rotatable bonds is 13. The Bertz CT molecular complexity index is 163. The van der Waals surface area contributed by atoms with Gasteiger partial charge in [-0.15, -0.1) is 0 Å². The maximum Gasteiger partial charge on any atom is 0.0701 e. The Morgan fingerprint density at radius 3 is 2.22 bits per heavy atom. The first kappa shape index (κ1) is 17.9. The Morgan fingerprint density at radius 2 is 1.61 bits per heavy atom. The molecule has 0 saturated carbocycles. The molecule has 0 aromatic heterocycles. The molecule has 0 saturated heterocycles. The van der Waals surface area contributed by atoms with E-state index in [1.54, 1.807) is 0 Å². The minimum absolute atomic E-state index is 0.707. The largest absolute Gasteiger partial charge is 0.379 e. The van der Waals surface area contributed by atoms with Gasteiger partial charge in [-0.3, -0.25) is 0 Å². The van der Waals surface area contributed by atoms with Crippen molar-refractivity contribution in [2.45, 2.75) is 47.0 Å². The van der Waals surface area contributed by atoms with Crippen molar-refractivity contribution in [3.05, 3.63) is 0 Å². The van der Waals surface area contributed by atoms with Gasteiger partial charge in [-0.1, -0.05) is 34.1 Å². The van der Waals surface area contributed by atoms with Crippen LogP contribution in [0.1, 0.15) is 47.0 Å². The molecule has 110 valence electrons. The lowest BCUT2D eigenvalue weighted by Gasteiger charge is -2.09. The molecule has 0 rings (SSSR count). The zero-order chi connectivity index (χ0) is 13.6. The SMILES string of the molecule is CCC(C)CCCOCCOCCNCC(C)C. The van der Waals surface area contributed by atoms with E-state index in [2.05, 4.69) is 33.0 Å². The van der Waals surface area contributed by atoms with E-state index in [4.69, 9.17) is 9.47 Å². The first-order valence-electron chi connectivity index (χ1n) is 7.53. The summed E-state index contributed by atoms with van der Waals surface area (Å²) in [5.74, 6) is 1.54. The van der Waals surface area contributed by atoms with Gasteiger partial charge in [0.2, 0.25) is 0 Å². The van der Waals surface area contributed by atoms with Crippen molar-refractivity contribution in [1.82, 2.24) is 5.32 Å². The molecule has 0 aliphatic carbocycles. The minimum atomic E-state index is 0.707. The highest BCUT2D eigenvalue weighted by atomic mass is 16.5. The fourth-order valence-electron chi connectivity index (χ4n) is 1.60. The number of nitrogens with one attached hydrogen (secondary N) is 1. The zero-order valence-corrected chi connectivity index (χ0v) is 12.8. The quantitative estimate of drug-likeness (QED) is 0.516. The van der Waals surface area contributed by atoms with Crippen LogP contribution in [0.2, 0.25) is 0 Å². The van der Waals surface area contributed by atoms with Gasteiger partial charge in [0, 0.05) is 13.2 Å². The van der Waals surface area contributed by atoms with Crippen LogP contribution in [0.5, 0.6) is 0 Å². The molecule has 0 heterocycles. The highest BCUT2D eigenvalue weighted by Gasteiger charge is 1.98. The van der Waals surface area contributed by atoms with Crippen LogP contribution in [0.3, 0.4) is 0 Å². The van der Waals surface area contributed by atoms with Crippen molar-refractivity contribution in [2.75, 3.05) is 39.5 Å². The molecule has 3 heteroatoms. The van der Waals surface area contributed by atoms with Gasteiger partial charge in [0.15, 0.2) is 0 Å². The summed E-state index contributed by atoms with van der Waals surface area (Å²) in [5, 5.41) is 3.35. The molecule has 0 spiro atoms. The second-order valence-electron chi connectivity index (χ2n) is 5.48. The van der Waals surface area contributed by atoms with Crippen molar-refractivity contribution in [1.29, 1.82) is 0 Å². The predicted octanol–water partition coefficient (Wildman–Crippen LogP) is 3.09. The fraction of sp³-hybridized carbons (Fsp3) is 1.00. The molecule has 0 aliphatic rings. The summed E-state index contributed by atoms with van der Waals surface area (Å²) in [6.45, 7) is 14.1. The smallest absolute Gasteiger partial charge is 0.0701 e. The molecule has 1 atom stereocenters. The van der Waals surface area contributed by atoms with Crippen molar-refractivity contribution in [2.24, 2.45) is 11.8 Å². The molecule has 0 radical (unpaired) electrons. The first-order chi connectivity index (χ1) is 8.66. The van der Waals surface area contributed by atoms with Gasteiger partial charge >= 0.3 is 0 Å². The maximum absolute atomic E-state index is 5.53. The Balaban J connectivity index is 2.99. The van der Waals surface area contributed by atoms with Gasteiger partial charge in [0.05, 0.1) is 19.8 Å². The third-order valence-electron chi connectivity index (χ3n) is 3.03. The number of ether oxygens (including phenoxy) is 2. The predicted molar refractivity (Wildman–Crippen MR) is 78.0 cm³/mol. The van der Waals surface area contributed by atoms with Crippen LogP contribution < -0.4 is 5.32 Å². The Labute approximate surface area is 114 Å². The lowest BCUT2D eigenvalue weighted by Crippen LogP contribution is -2.24. The van der Waals surface area contributed by atoms with E-state index in [9.17, 15) is 0 Å². The number of hydrogen-bond acceptors (Lipinski definition) is 3. The van der Waals surface area contributed by atoms with E-state index in [-0.39, 0.29) is 0 Å². The summed E-state index contributed by atoms with van der Waals surface area (Å²) in [7, 11) is 0. The van der Waals surface area contributed by atoms with E-state index in [1.807, 2.05) is 0 Å². The van der Waals surface area contributed by atoms with E-state index >= 15 is 0 Å². The van der Waals surface area contributed by atoms with Gasteiger partial charge in [-0.25, -0.2) is 0 Å². The summed E-state index contributed by atoms with van der Waals surface area (Å²) >= 11 is 0. The molecular formula is C15H33NO2. The summed E-state index contributed by atoms with van der Waals surface area (Å²) in [6.07, 6.45) is 3.72. The van der Waals surface area contributed by atoms with Gasteiger partial charge < -0.3 is 14.8 Å². The van der Waals surface area contributed by atoms with Crippen LogP contribution in [0, 0.1) is 11.8 Å². The average Bonchev–Trinajstić information content (AvgIpc) is 2.35. The second kappa shape index (κ2) is 13.3. The molecule has 0 aliphatic heterocycles. The van der Waals surface area contributed by atoms with Crippen LogP contribution in [-0.2, 0) is 9.47 Å². The topological polar surface area (TPSA) is 30.5 Å². The lowest BCUT2D eigenvalue weighted by molar-refractivity contribution is 0.0464. The standard InChI is InChI=1S/C15H33NO2/c1-5-15(4)7-6-9-17-11-12-18-10-8-16-13-14(2)3/h14-16H,5-13H2,1-4H3. The zero-order valence-electron chi connectivity index (χ0n) is 12.8. The summed E-state index contributed by atoms with van der Waals surface area (Å²) in [4.78, 5) is 0. The Hall–Kier alpha value is -0.120. The molecule has 0 bridgehead atoms. The highest BCUT2D eigenvalue weighted by molar-refractivity contribution is 4.50. The second-order valence-corrected chi connectivity index (χ2v) is 5.48. The molecule has 1 unspecified atom stereocenters. The molecule has 3 nitrogen and oxygen atoms in total. The van der Waals surface area contributed by atoms with E-state index in [0.717, 1.165) is 38.8 Å². The molecule has 0 aromatic rings. The van der Waals surface area contributed by atoms with Gasteiger partial charge in [-0.05, 0) is 31.2 Å². The minimum Gasteiger partial charge on any atom is -0.379 e. The number of hydrogen-bond donors (Lipinski definition) is 1. The molecule has 0 fully saturated rings. The van der Waals surface area contributed by atoms with Gasteiger partial charge in [0.25, 0.3) is 0 Å². The van der Waals surface area contributed by atoms with Crippen LogP contribution >= 0.6 is 0 Å². The Kier molecular flexibility index (Phi) is 13.2. The fourth-order valence-corrected chi connectivity index (χ4v) is 1.60. The van der Waals surface area contributed by atoms with Crippen LogP contribution in [-0.4, -0.2) is 39.5 Å². The van der Waals surface area contributed by atoms with E-state index in [1.165, 1.54) is 19.3 Å².